The molecular formula is C17H20F4O4. The predicted octanol–water partition coefficient (Wildman–Crippen LogP) is 4.06. The zero-order valence-electron chi connectivity index (χ0n) is 14.3. The number of rotatable bonds is 4. The Kier molecular flexibility index (Phi) is 5.05. The summed E-state index contributed by atoms with van der Waals surface area (Å²) in [6.07, 6.45) is -6.47. The molecule has 1 saturated heterocycles. The number of halogens is 4. The van der Waals surface area contributed by atoms with E-state index in [4.69, 9.17) is 9.47 Å². The molecule has 140 valence electrons. The van der Waals surface area contributed by atoms with E-state index < -0.39 is 41.5 Å². The first-order valence-electron chi connectivity index (χ1n) is 7.84. The van der Waals surface area contributed by atoms with Gasteiger partial charge in [-0.05, 0) is 26.8 Å². The van der Waals surface area contributed by atoms with Crippen LogP contribution in [0.4, 0.5) is 17.6 Å². The molecular weight excluding hydrogens is 344 g/mol. The number of benzene rings is 1. The third kappa shape index (κ3) is 3.07. The van der Waals surface area contributed by atoms with Gasteiger partial charge in [0.05, 0.1) is 6.61 Å². The van der Waals surface area contributed by atoms with Crippen molar-refractivity contribution in [2.75, 3.05) is 6.61 Å². The highest BCUT2D eigenvalue weighted by molar-refractivity contribution is 5.75. The lowest BCUT2D eigenvalue weighted by Gasteiger charge is -2.32. The lowest BCUT2D eigenvalue weighted by Crippen LogP contribution is -2.47. The van der Waals surface area contributed by atoms with E-state index in [1.54, 1.807) is 6.92 Å². The van der Waals surface area contributed by atoms with Gasteiger partial charge in [-0.3, -0.25) is 0 Å². The number of ether oxygens (including phenoxy) is 2. The van der Waals surface area contributed by atoms with E-state index >= 15 is 0 Å². The van der Waals surface area contributed by atoms with E-state index in [1.807, 2.05) is 0 Å². The van der Waals surface area contributed by atoms with Gasteiger partial charge < -0.3 is 14.6 Å². The van der Waals surface area contributed by atoms with Crippen LogP contribution < -0.4 is 4.74 Å². The van der Waals surface area contributed by atoms with Gasteiger partial charge in [0.2, 0.25) is 0 Å². The topological polar surface area (TPSA) is 55.8 Å². The van der Waals surface area contributed by atoms with Crippen molar-refractivity contribution in [2.45, 2.75) is 51.5 Å². The molecule has 0 aliphatic carbocycles. The van der Waals surface area contributed by atoms with Gasteiger partial charge in [0, 0.05) is 23.0 Å². The van der Waals surface area contributed by atoms with Gasteiger partial charge in [-0.1, -0.05) is 13.0 Å². The van der Waals surface area contributed by atoms with Gasteiger partial charge in [-0.2, -0.15) is 13.2 Å². The Hall–Kier alpha value is -1.83. The van der Waals surface area contributed by atoms with Crippen molar-refractivity contribution in [1.29, 1.82) is 0 Å². The molecule has 1 heterocycles. The molecule has 0 aromatic heterocycles. The Labute approximate surface area is 142 Å². The maximum absolute atomic E-state index is 13.9. The number of carbonyl (C=O) groups is 1. The van der Waals surface area contributed by atoms with E-state index in [1.165, 1.54) is 19.9 Å². The van der Waals surface area contributed by atoms with Gasteiger partial charge in [-0.15, -0.1) is 0 Å². The molecule has 0 unspecified atom stereocenters. The second-order valence-electron chi connectivity index (χ2n) is 6.32. The first-order valence-corrected chi connectivity index (χ1v) is 7.84. The smallest absolute Gasteiger partial charge is 0.417 e. The van der Waals surface area contributed by atoms with Gasteiger partial charge in [-0.25, -0.2) is 9.18 Å². The average molecular weight is 364 g/mol. The van der Waals surface area contributed by atoms with Crippen LogP contribution in [0.25, 0.3) is 0 Å². The zero-order valence-corrected chi connectivity index (χ0v) is 14.3. The molecule has 4 nitrogen and oxygen atoms in total. The Bertz CT molecular complexity index is 673. The molecule has 2 rings (SSSR count). The van der Waals surface area contributed by atoms with Crippen molar-refractivity contribution in [3.05, 3.63) is 29.1 Å². The fraction of sp³-hybridized carbons (Fsp3) is 0.588. The van der Waals surface area contributed by atoms with Crippen molar-refractivity contribution in [3.63, 3.8) is 0 Å². The van der Waals surface area contributed by atoms with Gasteiger partial charge >= 0.3 is 12.1 Å². The van der Waals surface area contributed by atoms with Crippen molar-refractivity contribution in [3.8, 4) is 5.75 Å². The summed E-state index contributed by atoms with van der Waals surface area (Å²) in [6.45, 7) is 5.37. The molecule has 1 aliphatic rings. The molecule has 25 heavy (non-hydrogen) atoms. The quantitative estimate of drug-likeness (QED) is 0.819. The second-order valence-corrected chi connectivity index (χ2v) is 6.32. The molecule has 1 fully saturated rings. The number of carboxylic acids is 1. The number of hydrogen-bond acceptors (Lipinski definition) is 3. The maximum atomic E-state index is 13.9. The number of aliphatic carboxylic acids is 1. The number of hydrogen-bond donors (Lipinski definition) is 1. The highest BCUT2D eigenvalue weighted by Crippen LogP contribution is 2.54. The second kappa shape index (κ2) is 6.48. The molecule has 4 atom stereocenters. The van der Waals surface area contributed by atoms with E-state index in [2.05, 4.69) is 0 Å². The predicted molar refractivity (Wildman–Crippen MR) is 81.2 cm³/mol. The van der Waals surface area contributed by atoms with Gasteiger partial charge in [0.1, 0.15) is 11.6 Å². The minimum absolute atomic E-state index is 0.0700. The molecule has 1 aliphatic heterocycles. The van der Waals surface area contributed by atoms with Crippen LogP contribution in [0.1, 0.15) is 37.8 Å². The third-order valence-electron chi connectivity index (χ3n) is 4.93. The van der Waals surface area contributed by atoms with Crippen molar-refractivity contribution in [2.24, 2.45) is 5.92 Å². The van der Waals surface area contributed by atoms with Crippen LogP contribution in [0, 0.1) is 18.7 Å². The maximum Gasteiger partial charge on any atom is 0.417 e. The number of alkyl halides is 3. The molecule has 0 amide bonds. The molecule has 1 aromatic rings. The van der Waals surface area contributed by atoms with E-state index in [9.17, 15) is 27.5 Å². The normalized spacial score (nSPS) is 29.7. The van der Waals surface area contributed by atoms with E-state index in [-0.39, 0.29) is 23.5 Å². The van der Waals surface area contributed by atoms with Crippen LogP contribution in [0.2, 0.25) is 0 Å². The molecule has 1 N–H and O–H groups in total. The van der Waals surface area contributed by atoms with Crippen molar-refractivity contribution < 1.29 is 36.9 Å². The minimum Gasteiger partial charge on any atom is -0.493 e. The Morgan fingerprint density at radius 3 is 2.48 bits per heavy atom. The van der Waals surface area contributed by atoms with Crippen molar-refractivity contribution in [1.82, 2.24) is 0 Å². The fourth-order valence-electron chi connectivity index (χ4n) is 3.30. The number of carboxylic acid groups (broad SMARTS) is 1. The highest BCUT2D eigenvalue weighted by Gasteiger charge is 2.66. The van der Waals surface area contributed by atoms with E-state index in [0.717, 1.165) is 13.0 Å². The monoisotopic (exact) mass is 364 g/mol. The third-order valence-corrected chi connectivity index (χ3v) is 4.93. The Morgan fingerprint density at radius 1 is 1.40 bits per heavy atom. The molecule has 8 heteroatoms. The largest absolute Gasteiger partial charge is 0.493 e. The van der Waals surface area contributed by atoms with Crippen LogP contribution in [0.3, 0.4) is 0 Å². The summed E-state index contributed by atoms with van der Waals surface area (Å²) < 4.78 is 64.8. The SMILES string of the molecule is CCOc1c([C@H]2[C@@H](C(=O)O)O[C@@](C)(C(F)(F)F)[C@H]2C)ccc(F)c1C. The summed E-state index contributed by atoms with van der Waals surface area (Å²) >= 11 is 0. The molecule has 0 saturated carbocycles. The summed E-state index contributed by atoms with van der Waals surface area (Å²) in [5.41, 5.74) is -2.31. The summed E-state index contributed by atoms with van der Waals surface area (Å²) in [7, 11) is 0. The first kappa shape index (κ1) is 19.5. The summed E-state index contributed by atoms with van der Waals surface area (Å²) in [4.78, 5) is 11.6. The molecule has 0 bridgehead atoms. The van der Waals surface area contributed by atoms with Crippen LogP contribution in [-0.2, 0) is 9.53 Å². The minimum atomic E-state index is -4.75. The molecule has 1 aromatic carbocycles. The van der Waals surface area contributed by atoms with Crippen molar-refractivity contribution >= 4 is 5.97 Å². The zero-order chi connectivity index (χ0) is 19.2. The summed E-state index contributed by atoms with van der Waals surface area (Å²) in [5, 5.41) is 9.40. The first-order chi connectivity index (χ1) is 11.5. The van der Waals surface area contributed by atoms with Gasteiger partial charge in [0.25, 0.3) is 0 Å². The van der Waals surface area contributed by atoms with Crippen LogP contribution in [0.5, 0.6) is 5.75 Å². The van der Waals surface area contributed by atoms with Crippen LogP contribution in [-0.4, -0.2) is 35.6 Å². The highest BCUT2D eigenvalue weighted by atomic mass is 19.4. The lowest BCUT2D eigenvalue weighted by atomic mass is 9.76. The van der Waals surface area contributed by atoms with Crippen LogP contribution >= 0.6 is 0 Å². The Balaban J connectivity index is 2.64. The van der Waals surface area contributed by atoms with Crippen LogP contribution in [0.15, 0.2) is 12.1 Å². The lowest BCUT2D eigenvalue weighted by molar-refractivity contribution is -0.273. The molecule has 0 radical (unpaired) electrons. The average Bonchev–Trinajstić information content (AvgIpc) is 2.78. The standard InChI is InChI=1S/C17H20F4O4/c1-5-24-13-8(2)11(18)7-6-10(13)12-9(3)16(4,17(19,20)21)25-14(12)15(22)23/h6-7,9,12,14H,5H2,1-4H3,(H,22,23)/t9-,12-,14-,16+/m0/s1. The fourth-order valence-corrected chi connectivity index (χ4v) is 3.30. The van der Waals surface area contributed by atoms with E-state index in [0.29, 0.717) is 0 Å². The molecule has 0 spiro atoms. The van der Waals surface area contributed by atoms with Gasteiger partial charge in [0.15, 0.2) is 11.7 Å². The summed E-state index contributed by atoms with van der Waals surface area (Å²) in [5.74, 6) is -4.36. The summed E-state index contributed by atoms with van der Waals surface area (Å²) in [6, 6.07) is 2.37. The Morgan fingerprint density at radius 2 is 2.00 bits per heavy atom.